The molecule has 3 rings (SSSR count). The van der Waals surface area contributed by atoms with E-state index in [-0.39, 0.29) is 17.9 Å². The summed E-state index contributed by atoms with van der Waals surface area (Å²) in [6.07, 6.45) is 4.46. The molecule has 0 saturated carbocycles. The molecule has 8 nitrogen and oxygen atoms in total. The predicted octanol–water partition coefficient (Wildman–Crippen LogP) is 3.65. The number of piperidine rings is 2. The number of likely N-dealkylation sites (tertiary alicyclic amines) is 2. The first-order chi connectivity index (χ1) is 15.7. The van der Waals surface area contributed by atoms with E-state index in [0.717, 1.165) is 49.9 Å². The van der Waals surface area contributed by atoms with Crippen LogP contribution < -0.4 is 10.6 Å². The van der Waals surface area contributed by atoms with Crippen molar-refractivity contribution in [1.29, 1.82) is 0 Å². The standard InChI is InChI=1S/C25H38N4O4/c1-25(2,3)33-24(32)27-18-20-9-7-19(8-10-20)17-26-23(31)29-15-11-21(12-16-29)22(30)28-13-5-4-6-14-28/h7-10,21H,4-6,11-18H2,1-3H3,(H,26,31)(H,27,32). The molecule has 182 valence electrons. The molecule has 2 saturated heterocycles. The molecule has 2 aliphatic rings. The van der Waals surface area contributed by atoms with Crippen molar-refractivity contribution < 1.29 is 19.1 Å². The zero-order valence-electron chi connectivity index (χ0n) is 20.2. The SMILES string of the molecule is CC(C)(C)OC(=O)NCc1ccc(CNC(=O)N2CCC(C(=O)N3CCCCC3)CC2)cc1. The maximum absolute atomic E-state index is 12.7. The van der Waals surface area contributed by atoms with Crippen molar-refractivity contribution >= 4 is 18.0 Å². The average molecular weight is 459 g/mol. The number of nitrogens with one attached hydrogen (secondary N) is 2. The molecule has 4 amide bonds. The Balaban J connectivity index is 1.36. The van der Waals surface area contributed by atoms with Gasteiger partial charge in [0.2, 0.25) is 5.91 Å². The van der Waals surface area contributed by atoms with E-state index in [2.05, 4.69) is 10.6 Å². The number of amides is 4. The zero-order valence-corrected chi connectivity index (χ0v) is 20.2. The molecule has 0 spiro atoms. The topological polar surface area (TPSA) is 91.0 Å². The van der Waals surface area contributed by atoms with Gasteiger partial charge in [0.05, 0.1) is 0 Å². The minimum absolute atomic E-state index is 0.0500. The summed E-state index contributed by atoms with van der Waals surface area (Å²) in [7, 11) is 0. The number of alkyl carbamates (subject to hydrolysis) is 1. The van der Waals surface area contributed by atoms with E-state index in [9.17, 15) is 14.4 Å². The zero-order chi connectivity index (χ0) is 23.8. The minimum atomic E-state index is -0.524. The van der Waals surface area contributed by atoms with Gasteiger partial charge in [-0.05, 0) is 64.0 Å². The summed E-state index contributed by atoms with van der Waals surface area (Å²) in [5.74, 6) is 0.324. The van der Waals surface area contributed by atoms with Crippen molar-refractivity contribution in [3.05, 3.63) is 35.4 Å². The molecule has 0 aliphatic carbocycles. The third kappa shape index (κ3) is 7.94. The van der Waals surface area contributed by atoms with Crippen molar-refractivity contribution in [2.75, 3.05) is 26.2 Å². The van der Waals surface area contributed by atoms with E-state index < -0.39 is 11.7 Å². The van der Waals surface area contributed by atoms with Gasteiger partial charge in [-0.1, -0.05) is 24.3 Å². The van der Waals surface area contributed by atoms with E-state index in [1.165, 1.54) is 6.42 Å². The molecular formula is C25H38N4O4. The minimum Gasteiger partial charge on any atom is -0.444 e. The number of carbonyl (C=O) groups excluding carboxylic acids is 3. The Kier molecular flexibility index (Phi) is 8.58. The van der Waals surface area contributed by atoms with Crippen LogP contribution in [0.4, 0.5) is 9.59 Å². The lowest BCUT2D eigenvalue weighted by atomic mass is 9.94. The van der Waals surface area contributed by atoms with Gasteiger partial charge in [-0.2, -0.15) is 0 Å². The molecule has 0 atom stereocenters. The van der Waals surface area contributed by atoms with Gasteiger partial charge in [0.1, 0.15) is 5.60 Å². The summed E-state index contributed by atoms with van der Waals surface area (Å²) < 4.78 is 5.23. The Bertz CT molecular complexity index is 805. The Morgan fingerprint density at radius 3 is 1.94 bits per heavy atom. The molecule has 0 radical (unpaired) electrons. The van der Waals surface area contributed by atoms with E-state index >= 15 is 0 Å². The van der Waals surface area contributed by atoms with Gasteiger partial charge in [0.25, 0.3) is 0 Å². The fourth-order valence-electron chi connectivity index (χ4n) is 4.25. The number of ether oxygens (including phenoxy) is 1. The number of carbonyl (C=O) groups is 3. The Labute approximate surface area is 197 Å². The van der Waals surface area contributed by atoms with E-state index in [4.69, 9.17) is 4.74 Å². The summed E-state index contributed by atoms with van der Waals surface area (Å²) in [6, 6.07) is 7.65. The van der Waals surface area contributed by atoms with Gasteiger partial charge in [-0.3, -0.25) is 4.79 Å². The molecule has 2 heterocycles. The lowest BCUT2D eigenvalue weighted by molar-refractivity contribution is -0.137. The number of urea groups is 1. The summed E-state index contributed by atoms with van der Waals surface area (Å²) in [6.45, 7) is 9.30. The van der Waals surface area contributed by atoms with E-state index in [0.29, 0.717) is 26.2 Å². The second-order valence-corrected chi connectivity index (χ2v) is 9.98. The summed E-state index contributed by atoms with van der Waals surface area (Å²) >= 11 is 0. The van der Waals surface area contributed by atoms with Gasteiger partial charge >= 0.3 is 12.1 Å². The second-order valence-electron chi connectivity index (χ2n) is 9.98. The van der Waals surface area contributed by atoms with Crippen LogP contribution in [-0.4, -0.2) is 59.6 Å². The maximum atomic E-state index is 12.7. The molecule has 8 heteroatoms. The maximum Gasteiger partial charge on any atom is 0.407 e. The molecule has 0 aromatic heterocycles. The molecule has 1 aromatic carbocycles. The average Bonchev–Trinajstić information content (AvgIpc) is 2.81. The number of hydrogen-bond acceptors (Lipinski definition) is 4. The third-order valence-electron chi connectivity index (χ3n) is 6.10. The molecular weight excluding hydrogens is 420 g/mol. The monoisotopic (exact) mass is 458 g/mol. The highest BCUT2D eigenvalue weighted by atomic mass is 16.6. The first-order valence-electron chi connectivity index (χ1n) is 12.1. The van der Waals surface area contributed by atoms with Crippen molar-refractivity contribution in [1.82, 2.24) is 20.4 Å². The van der Waals surface area contributed by atoms with Gasteiger partial charge in [0, 0.05) is 45.2 Å². The molecule has 1 aromatic rings. The summed E-state index contributed by atoms with van der Waals surface area (Å²) in [5.41, 5.74) is 1.42. The highest BCUT2D eigenvalue weighted by Crippen LogP contribution is 2.22. The van der Waals surface area contributed by atoms with Crippen LogP contribution in [0.15, 0.2) is 24.3 Å². The highest BCUT2D eigenvalue weighted by Gasteiger charge is 2.30. The van der Waals surface area contributed by atoms with Crippen molar-refractivity contribution in [3.63, 3.8) is 0 Å². The molecule has 2 fully saturated rings. The van der Waals surface area contributed by atoms with Crippen LogP contribution in [0, 0.1) is 5.92 Å². The third-order valence-corrected chi connectivity index (χ3v) is 6.10. The summed E-state index contributed by atoms with van der Waals surface area (Å²) in [5, 5.41) is 5.71. The van der Waals surface area contributed by atoms with Crippen LogP contribution in [-0.2, 0) is 22.6 Å². The van der Waals surface area contributed by atoms with E-state index in [1.54, 1.807) is 4.90 Å². The van der Waals surface area contributed by atoms with Gasteiger partial charge in [-0.25, -0.2) is 9.59 Å². The lowest BCUT2D eigenvalue weighted by Gasteiger charge is -2.35. The van der Waals surface area contributed by atoms with Crippen molar-refractivity contribution in [3.8, 4) is 0 Å². The van der Waals surface area contributed by atoms with Gasteiger partial charge in [0.15, 0.2) is 0 Å². The van der Waals surface area contributed by atoms with Crippen molar-refractivity contribution in [2.24, 2.45) is 5.92 Å². The normalized spacial score (nSPS) is 17.4. The number of benzene rings is 1. The molecule has 2 aliphatic heterocycles. The molecule has 2 N–H and O–H groups in total. The highest BCUT2D eigenvalue weighted by molar-refractivity contribution is 5.80. The Morgan fingerprint density at radius 1 is 0.848 bits per heavy atom. The molecule has 33 heavy (non-hydrogen) atoms. The van der Waals surface area contributed by atoms with Gasteiger partial charge < -0.3 is 25.2 Å². The predicted molar refractivity (Wildman–Crippen MR) is 126 cm³/mol. The van der Waals surface area contributed by atoms with Crippen LogP contribution in [0.3, 0.4) is 0 Å². The van der Waals surface area contributed by atoms with E-state index in [1.807, 2.05) is 49.9 Å². The first-order valence-corrected chi connectivity index (χ1v) is 12.1. The van der Waals surface area contributed by atoms with Crippen LogP contribution in [0.25, 0.3) is 0 Å². The fourth-order valence-corrected chi connectivity index (χ4v) is 4.25. The quantitative estimate of drug-likeness (QED) is 0.705. The second kappa shape index (κ2) is 11.4. The van der Waals surface area contributed by atoms with Crippen LogP contribution in [0.2, 0.25) is 0 Å². The van der Waals surface area contributed by atoms with Crippen LogP contribution in [0.1, 0.15) is 64.0 Å². The smallest absolute Gasteiger partial charge is 0.407 e. The van der Waals surface area contributed by atoms with Crippen molar-refractivity contribution in [2.45, 2.75) is 71.6 Å². The largest absolute Gasteiger partial charge is 0.444 e. The number of nitrogens with zero attached hydrogens (tertiary/aromatic N) is 2. The molecule has 0 bridgehead atoms. The fraction of sp³-hybridized carbons (Fsp3) is 0.640. The number of rotatable bonds is 5. The van der Waals surface area contributed by atoms with Crippen LogP contribution in [0.5, 0.6) is 0 Å². The van der Waals surface area contributed by atoms with Crippen LogP contribution >= 0.6 is 0 Å². The lowest BCUT2D eigenvalue weighted by Crippen LogP contribution is -2.48. The Hall–Kier alpha value is -2.77. The summed E-state index contributed by atoms with van der Waals surface area (Å²) in [4.78, 5) is 40.8. The van der Waals surface area contributed by atoms with Gasteiger partial charge in [-0.15, -0.1) is 0 Å². The first kappa shape index (κ1) is 24.9. The molecule has 0 unspecified atom stereocenters. The Morgan fingerprint density at radius 2 is 1.39 bits per heavy atom. The number of hydrogen-bond donors (Lipinski definition) is 2.